The lowest BCUT2D eigenvalue weighted by molar-refractivity contribution is -0.114. The van der Waals surface area contributed by atoms with Crippen molar-refractivity contribution in [3.63, 3.8) is 0 Å². The third-order valence-corrected chi connectivity index (χ3v) is 4.89. The lowest BCUT2D eigenvalue weighted by atomic mass is 10.1. The molecule has 1 aliphatic rings. The summed E-state index contributed by atoms with van der Waals surface area (Å²) in [5.74, 6) is -1.36. The number of carbonyl (C=O) groups excluding carboxylic acids is 2. The zero-order chi connectivity index (χ0) is 14.9. The Morgan fingerprint density at radius 3 is 2.65 bits per heavy atom. The Balaban J connectivity index is 2.35. The molecule has 0 fully saturated rings. The molecule has 1 aliphatic heterocycles. The van der Waals surface area contributed by atoms with E-state index in [4.69, 9.17) is 0 Å². The van der Waals surface area contributed by atoms with Crippen molar-refractivity contribution in [2.24, 2.45) is 5.92 Å². The molecule has 1 atom stereocenters. The lowest BCUT2D eigenvalue weighted by Crippen LogP contribution is -2.35. The zero-order valence-electron chi connectivity index (χ0n) is 11.0. The summed E-state index contributed by atoms with van der Waals surface area (Å²) in [4.78, 5) is 25.4. The Morgan fingerprint density at radius 2 is 2.05 bits per heavy atom. The number of fused-ring (bicyclic) bond motifs is 1. The molecule has 0 bridgehead atoms. The van der Waals surface area contributed by atoms with E-state index < -0.39 is 17.5 Å². The molecule has 0 N–H and O–H groups in total. The zero-order valence-corrected chi connectivity index (χ0v) is 14.1. The topological polar surface area (TPSA) is 37.4 Å². The van der Waals surface area contributed by atoms with Crippen molar-refractivity contribution in [2.75, 3.05) is 16.8 Å². The Morgan fingerprint density at radius 1 is 1.35 bits per heavy atom. The van der Waals surface area contributed by atoms with Crippen molar-refractivity contribution < 1.29 is 14.0 Å². The van der Waals surface area contributed by atoms with Gasteiger partial charge in [-0.1, -0.05) is 29.3 Å². The highest BCUT2D eigenvalue weighted by Gasteiger charge is 2.37. The first-order valence-corrected chi connectivity index (χ1v) is 8.32. The van der Waals surface area contributed by atoms with Crippen LogP contribution in [0.5, 0.6) is 0 Å². The molecule has 20 heavy (non-hydrogen) atoms. The summed E-state index contributed by atoms with van der Waals surface area (Å²) < 4.78 is 13.9. The van der Waals surface area contributed by atoms with E-state index in [2.05, 4.69) is 38.8 Å². The summed E-state index contributed by atoms with van der Waals surface area (Å²) in [7, 11) is 0. The first-order valence-electron chi connectivity index (χ1n) is 6.40. The van der Waals surface area contributed by atoms with E-state index in [0.717, 1.165) is 18.2 Å². The molecular weight excluding hydrogens is 393 g/mol. The van der Waals surface area contributed by atoms with E-state index in [0.29, 0.717) is 12.2 Å². The highest BCUT2D eigenvalue weighted by Crippen LogP contribution is 2.34. The molecule has 0 saturated heterocycles. The van der Waals surface area contributed by atoms with Crippen LogP contribution < -0.4 is 4.90 Å². The minimum Gasteiger partial charge on any atom is -0.304 e. The second-order valence-corrected chi connectivity index (χ2v) is 6.34. The Bertz CT molecular complexity index is 562. The summed E-state index contributed by atoms with van der Waals surface area (Å²) >= 11 is 6.46. The van der Waals surface area contributed by atoms with Crippen molar-refractivity contribution in [3.8, 4) is 0 Å². The van der Waals surface area contributed by atoms with Crippen molar-refractivity contribution in [1.29, 1.82) is 0 Å². The van der Waals surface area contributed by atoms with E-state index in [1.165, 1.54) is 17.0 Å². The fourth-order valence-corrected chi connectivity index (χ4v) is 3.23. The molecule has 0 saturated carbocycles. The first kappa shape index (κ1) is 15.6. The Labute approximate surface area is 133 Å². The van der Waals surface area contributed by atoms with Gasteiger partial charge in [0.2, 0.25) is 0 Å². The average molecular weight is 407 g/mol. The number of hydrogen-bond acceptors (Lipinski definition) is 2. The average Bonchev–Trinajstić information content (AvgIpc) is 2.64. The fraction of sp³-hybridized carbons (Fsp3) is 0.429. The molecule has 0 aromatic heterocycles. The number of amides is 1. The number of ketones is 1. The number of alkyl halides is 1. The molecule has 1 unspecified atom stereocenters. The van der Waals surface area contributed by atoms with Gasteiger partial charge in [-0.25, -0.2) is 4.39 Å². The molecule has 2 rings (SSSR count). The van der Waals surface area contributed by atoms with Crippen LogP contribution >= 0.6 is 31.9 Å². The lowest BCUT2D eigenvalue weighted by Gasteiger charge is -2.22. The maximum absolute atomic E-state index is 13.7. The Kier molecular flexibility index (Phi) is 4.96. The number of halogens is 3. The van der Waals surface area contributed by atoms with Gasteiger partial charge in [-0.05, 0) is 40.4 Å². The second-order valence-electron chi connectivity index (χ2n) is 4.84. The molecule has 1 aromatic rings. The number of carbonyl (C=O) groups is 2. The van der Waals surface area contributed by atoms with Crippen molar-refractivity contribution in [3.05, 3.63) is 28.0 Å². The van der Waals surface area contributed by atoms with Gasteiger partial charge < -0.3 is 4.90 Å². The van der Waals surface area contributed by atoms with Crippen LogP contribution in [-0.2, 0) is 4.79 Å². The van der Waals surface area contributed by atoms with E-state index in [-0.39, 0.29) is 16.0 Å². The summed E-state index contributed by atoms with van der Waals surface area (Å²) in [6.45, 7) is 2.50. The normalized spacial score (nSPS) is 15.7. The van der Waals surface area contributed by atoms with Gasteiger partial charge in [0.1, 0.15) is 5.82 Å². The van der Waals surface area contributed by atoms with Crippen molar-refractivity contribution >= 4 is 49.2 Å². The van der Waals surface area contributed by atoms with Crippen LogP contribution in [0.25, 0.3) is 0 Å². The standard InChI is InChI=1S/C14H14Br2FNO2/c1-2-3-8(6-15)7-18-12-5-11(17)10(16)4-9(12)13(19)14(18)20/h4-5,8H,2-3,6-7H2,1H3. The maximum Gasteiger partial charge on any atom is 0.299 e. The Hall–Kier alpha value is -0.750. The monoisotopic (exact) mass is 405 g/mol. The highest BCUT2D eigenvalue weighted by atomic mass is 79.9. The number of hydrogen-bond donors (Lipinski definition) is 0. The van der Waals surface area contributed by atoms with Crippen LogP contribution in [0.15, 0.2) is 16.6 Å². The van der Waals surface area contributed by atoms with Crippen LogP contribution in [0.2, 0.25) is 0 Å². The third kappa shape index (κ3) is 2.81. The predicted molar refractivity (Wildman–Crippen MR) is 83.0 cm³/mol. The molecule has 108 valence electrons. The van der Waals surface area contributed by atoms with Gasteiger partial charge in [0.25, 0.3) is 11.7 Å². The van der Waals surface area contributed by atoms with Gasteiger partial charge in [0, 0.05) is 11.9 Å². The van der Waals surface area contributed by atoms with E-state index in [1.807, 2.05) is 0 Å². The minimum atomic E-state index is -0.570. The molecule has 1 heterocycles. The van der Waals surface area contributed by atoms with Crippen molar-refractivity contribution in [1.82, 2.24) is 0 Å². The smallest absolute Gasteiger partial charge is 0.299 e. The molecule has 1 aromatic carbocycles. The van der Waals surface area contributed by atoms with E-state index in [9.17, 15) is 14.0 Å². The molecule has 0 aliphatic carbocycles. The SMILES string of the molecule is CCCC(CBr)CN1C(=O)C(=O)c2cc(Br)c(F)cc21. The van der Waals surface area contributed by atoms with Gasteiger partial charge >= 0.3 is 0 Å². The number of anilines is 1. The summed E-state index contributed by atoms with van der Waals surface area (Å²) in [6.07, 6.45) is 1.94. The van der Waals surface area contributed by atoms with Crippen LogP contribution in [0, 0.1) is 11.7 Å². The summed E-state index contributed by atoms with van der Waals surface area (Å²) in [6, 6.07) is 2.63. The number of benzene rings is 1. The molecule has 6 heteroatoms. The van der Waals surface area contributed by atoms with Gasteiger partial charge in [-0.3, -0.25) is 9.59 Å². The largest absolute Gasteiger partial charge is 0.304 e. The minimum absolute atomic E-state index is 0.199. The quantitative estimate of drug-likeness (QED) is 0.548. The first-order chi connectivity index (χ1) is 9.49. The molecular formula is C14H14Br2FNO2. The van der Waals surface area contributed by atoms with Crippen LogP contribution in [0.1, 0.15) is 30.1 Å². The number of Topliss-reactive ketones (excluding diaryl/α,β-unsaturated/α-hetero) is 1. The predicted octanol–water partition coefficient (Wildman–Crippen LogP) is 3.93. The van der Waals surface area contributed by atoms with Gasteiger partial charge in [0.05, 0.1) is 15.7 Å². The molecule has 0 radical (unpaired) electrons. The molecule has 3 nitrogen and oxygen atoms in total. The van der Waals surface area contributed by atoms with Crippen LogP contribution in [0.4, 0.5) is 10.1 Å². The van der Waals surface area contributed by atoms with Gasteiger partial charge in [-0.15, -0.1) is 0 Å². The highest BCUT2D eigenvalue weighted by molar-refractivity contribution is 9.10. The fourth-order valence-electron chi connectivity index (χ4n) is 2.35. The number of rotatable bonds is 5. The molecule has 0 spiro atoms. The summed E-state index contributed by atoms with van der Waals surface area (Å²) in [5, 5.41) is 0.743. The van der Waals surface area contributed by atoms with Gasteiger partial charge in [-0.2, -0.15) is 0 Å². The number of nitrogens with zero attached hydrogens (tertiary/aromatic N) is 1. The third-order valence-electron chi connectivity index (χ3n) is 3.37. The van der Waals surface area contributed by atoms with Crippen molar-refractivity contribution in [2.45, 2.75) is 19.8 Å². The maximum atomic E-state index is 13.7. The van der Waals surface area contributed by atoms with Crippen LogP contribution in [0.3, 0.4) is 0 Å². The second kappa shape index (κ2) is 6.35. The van der Waals surface area contributed by atoms with Gasteiger partial charge in [0.15, 0.2) is 0 Å². The van der Waals surface area contributed by atoms with E-state index in [1.54, 1.807) is 0 Å². The molecule has 1 amide bonds. The van der Waals surface area contributed by atoms with E-state index >= 15 is 0 Å². The van der Waals surface area contributed by atoms with Crippen LogP contribution in [-0.4, -0.2) is 23.6 Å². The summed E-state index contributed by atoms with van der Waals surface area (Å²) in [5.41, 5.74) is 0.649.